The van der Waals surface area contributed by atoms with E-state index in [0.29, 0.717) is 24.5 Å². The number of nitrogens with one attached hydrogen (secondary N) is 1. The Morgan fingerprint density at radius 3 is 2.30 bits per heavy atom. The van der Waals surface area contributed by atoms with Gasteiger partial charge >= 0.3 is 6.09 Å². The zero-order chi connectivity index (χ0) is 17.5. The van der Waals surface area contributed by atoms with E-state index in [9.17, 15) is 9.59 Å². The molecule has 0 bridgehead atoms. The number of benzene rings is 1. The summed E-state index contributed by atoms with van der Waals surface area (Å²) in [6.45, 7) is 6.16. The van der Waals surface area contributed by atoms with Gasteiger partial charge in [0.15, 0.2) is 0 Å². The Balaban J connectivity index is 2.41. The van der Waals surface area contributed by atoms with Gasteiger partial charge in [-0.25, -0.2) is 10.3 Å². The fourth-order valence-electron chi connectivity index (χ4n) is 1.59. The molecule has 0 spiro atoms. The van der Waals surface area contributed by atoms with Crippen LogP contribution in [0, 0.1) is 0 Å². The lowest BCUT2D eigenvalue weighted by molar-refractivity contribution is 0.0278. The van der Waals surface area contributed by atoms with Gasteiger partial charge < -0.3 is 14.4 Å². The summed E-state index contributed by atoms with van der Waals surface area (Å²) in [6.07, 6.45) is -0.396. The first-order valence-corrected chi connectivity index (χ1v) is 7.23. The number of nitrogens with zero attached hydrogens (tertiary/aromatic N) is 1. The number of hydrogen-bond acceptors (Lipinski definition) is 5. The molecule has 1 aromatic carbocycles. The zero-order valence-corrected chi connectivity index (χ0v) is 14.2. The fourth-order valence-corrected chi connectivity index (χ4v) is 1.59. The number of ether oxygens (including phenoxy) is 2. The van der Waals surface area contributed by atoms with Gasteiger partial charge in [0.25, 0.3) is 5.91 Å². The van der Waals surface area contributed by atoms with E-state index in [4.69, 9.17) is 9.47 Å². The lowest BCUT2D eigenvalue weighted by Crippen LogP contribution is -2.36. The number of hydrogen-bond donors (Lipinski definition) is 1. The molecule has 1 aromatic rings. The number of carbonyl (C=O) groups excluding carboxylic acids is 2. The molecule has 0 unspecified atom stereocenters. The molecule has 0 fully saturated rings. The van der Waals surface area contributed by atoms with Gasteiger partial charge in [0.05, 0.1) is 13.7 Å². The average molecular weight is 324 g/mol. The van der Waals surface area contributed by atoms with Crippen LogP contribution in [0.5, 0.6) is 5.75 Å². The van der Waals surface area contributed by atoms with Gasteiger partial charge in [0.1, 0.15) is 18.0 Å². The summed E-state index contributed by atoms with van der Waals surface area (Å²) in [5.74, 6) is 0.278. The number of rotatable bonds is 6. The molecule has 0 aromatic heterocycles. The average Bonchev–Trinajstić information content (AvgIpc) is 2.46. The highest BCUT2D eigenvalue weighted by Crippen LogP contribution is 2.13. The SMILES string of the molecule is CONC(=O)c1ccc(OCCN(C)C(=O)OC(C)(C)C)cc1. The Bertz CT molecular complexity index is 522. The summed E-state index contributed by atoms with van der Waals surface area (Å²) in [5.41, 5.74) is 2.17. The van der Waals surface area contributed by atoms with E-state index >= 15 is 0 Å². The van der Waals surface area contributed by atoms with Crippen molar-refractivity contribution in [3.05, 3.63) is 29.8 Å². The first kappa shape index (κ1) is 18.8. The van der Waals surface area contributed by atoms with Crippen LogP contribution >= 0.6 is 0 Å². The summed E-state index contributed by atoms with van der Waals surface area (Å²) >= 11 is 0. The molecule has 0 atom stereocenters. The minimum atomic E-state index is -0.523. The normalized spacial score (nSPS) is 10.8. The second-order valence-corrected chi connectivity index (χ2v) is 5.91. The van der Waals surface area contributed by atoms with E-state index in [1.165, 1.54) is 12.0 Å². The number of hydroxylamine groups is 1. The van der Waals surface area contributed by atoms with Crippen LogP contribution < -0.4 is 10.2 Å². The summed E-state index contributed by atoms with van der Waals surface area (Å²) in [5, 5.41) is 0. The molecular formula is C16H24N2O5. The third-order valence-corrected chi connectivity index (χ3v) is 2.71. The molecule has 0 saturated heterocycles. The lowest BCUT2D eigenvalue weighted by atomic mass is 10.2. The van der Waals surface area contributed by atoms with Crippen molar-refractivity contribution in [3.63, 3.8) is 0 Å². The van der Waals surface area contributed by atoms with Crippen molar-refractivity contribution in [2.24, 2.45) is 0 Å². The molecule has 7 nitrogen and oxygen atoms in total. The van der Waals surface area contributed by atoms with Crippen molar-refractivity contribution in [2.45, 2.75) is 26.4 Å². The molecular weight excluding hydrogens is 300 g/mol. The molecule has 0 aliphatic carbocycles. The van der Waals surface area contributed by atoms with E-state index in [1.54, 1.807) is 31.3 Å². The third-order valence-electron chi connectivity index (χ3n) is 2.71. The first-order chi connectivity index (χ1) is 10.7. The summed E-state index contributed by atoms with van der Waals surface area (Å²) in [6, 6.07) is 6.61. The smallest absolute Gasteiger partial charge is 0.410 e. The summed E-state index contributed by atoms with van der Waals surface area (Å²) in [4.78, 5) is 29.3. The second kappa shape index (κ2) is 8.38. The van der Waals surface area contributed by atoms with Crippen molar-refractivity contribution in [3.8, 4) is 5.75 Å². The van der Waals surface area contributed by atoms with Gasteiger partial charge in [0.2, 0.25) is 0 Å². The second-order valence-electron chi connectivity index (χ2n) is 5.91. The Morgan fingerprint density at radius 1 is 1.17 bits per heavy atom. The minimum absolute atomic E-state index is 0.319. The van der Waals surface area contributed by atoms with Crippen LogP contribution in [0.4, 0.5) is 4.79 Å². The van der Waals surface area contributed by atoms with Gasteiger partial charge in [-0.2, -0.15) is 0 Å². The fraction of sp³-hybridized carbons (Fsp3) is 0.500. The van der Waals surface area contributed by atoms with Gasteiger partial charge in [-0.1, -0.05) is 0 Å². The maximum atomic E-state index is 11.8. The van der Waals surface area contributed by atoms with E-state index in [-0.39, 0.29) is 5.91 Å². The molecule has 0 radical (unpaired) electrons. The third kappa shape index (κ3) is 7.01. The highest BCUT2D eigenvalue weighted by molar-refractivity contribution is 5.93. The highest BCUT2D eigenvalue weighted by atomic mass is 16.6. The summed E-state index contributed by atoms with van der Waals surface area (Å²) in [7, 11) is 3.02. The van der Waals surface area contributed by atoms with Crippen LogP contribution in [-0.2, 0) is 9.57 Å². The minimum Gasteiger partial charge on any atom is -0.492 e. The van der Waals surface area contributed by atoms with E-state index in [2.05, 4.69) is 10.3 Å². The molecule has 7 heteroatoms. The van der Waals surface area contributed by atoms with Crippen LogP contribution in [0.3, 0.4) is 0 Å². The lowest BCUT2D eigenvalue weighted by Gasteiger charge is -2.24. The number of amides is 2. The largest absolute Gasteiger partial charge is 0.492 e. The van der Waals surface area contributed by atoms with Crippen molar-refractivity contribution in [1.82, 2.24) is 10.4 Å². The Labute approximate surface area is 136 Å². The van der Waals surface area contributed by atoms with Crippen LogP contribution in [0.25, 0.3) is 0 Å². The van der Waals surface area contributed by atoms with Gasteiger partial charge in [-0.05, 0) is 45.0 Å². The Hall–Kier alpha value is -2.28. The van der Waals surface area contributed by atoms with Crippen LogP contribution in [-0.4, -0.2) is 49.8 Å². The monoisotopic (exact) mass is 324 g/mol. The Morgan fingerprint density at radius 2 is 1.78 bits per heavy atom. The molecule has 128 valence electrons. The molecule has 0 aliphatic heterocycles. The topological polar surface area (TPSA) is 77.1 Å². The predicted molar refractivity (Wildman–Crippen MR) is 85.3 cm³/mol. The molecule has 0 aliphatic rings. The first-order valence-electron chi connectivity index (χ1n) is 7.23. The molecule has 1 rings (SSSR count). The van der Waals surface area contributed by atoms with Gasteiger partial charge in [-0.15, -0.1) is 0 Å². The quantitative estimate of drug-likeness (QED) is 0.812. The predicted octanol–water partition coefficient (Wildman–Crippen LogP) is 2.22. The number of likely N-dealkylation sites (N-methyl/N-ethyl adjacent to an activating group) is 1. The van der Waals surface area contributed by atoms with Crippen molar-refractivity contribution < 1.29 is 23.9 Å². The van der Waals surface area contributed by atoms with Crippen LogP contribution in [0.15, 0.2) is 24.3 Å². The van der Waals surface area contributed by atoms with Crippen molar-refractivity contribution >= 4 is 12.0 Å². The maximum absolute atomic E-state index is 11.8. The molecule has 1 N–H and O–H groups in total. The van der Waals surface area contributed by atoms with Crippen molar-refractivity contribution in [2.75, 3.05) is 27.3 Å². The van der Waals surface area contributed by atoms with Crippen LogP contribution in [0.2, 0.25) is 0 Å². The zero-order valence-electron chi connectivity index (χ0n) is 14.2. The van der Waals surface area contributed by atoms with E-state index in [1.807, 2.05) is 20.8 Å². The van der Waals surface area contributed by atoms with E-state index in [0.717, 1.165) is 0 Å². The molecule has 0 heterocycles. The molecule has 0 saturated carbocycles. The molecule has 2 amide bonds. The highest BCUT2D eigenvalue weighted by Gasteiger charge is 2.19. The van der Waals surface area contributed by atoms with Gasteiger partial charge in [-0.3, -0.25) is 9.63 Å². The number of carbonyl (C=O) groups is 2. The van der Waals surface area contributed by atoms with E-state index < -0.39 is 11.7 Å². The maximum Gasteiger partial charge on any atom is 0.410 e. The van der Waals surface area contributed by atoms with Gasteiger partial charge in [0, 0.05) is 12.6 Å². The van der Waals surface area contributed by atoms with Crippen LogP contribution in [0.1, 0.15) is 31.1 Å². The molecule has 23 heavy (non-hydrogen) atoms. The summed E-state index contributed by atoms with van der Waals surface area (Å²) < 4.78 is 10.8. The standard InChI is InChI=1S/C16H24N2O5/c1-16(2,3)23-15(20)18(4)10-11-22-13-8-6-12(7-9-13)14(19)17-21-5/h6-9H,10-11H2,1-5H3,(H,17,19). The van der Waals surface area contributed by atoms with Crippen molar-refractivity contribution in [1.29, 1.82) is 0 Å². The Kier molecular flexibility index (Phi) is 6.84.